The quantitative estimate of drug-likeness (QED) is 0.606. The normalized spacial score (nSPS) is 11.4. The summed E-state index contributed by atoms with van der Waals surface area (Å²) in [6.07, 6.45) is 2.77. The molecule has 0 spiro atoms. The highest BCUT2D eigenvalue weighted by atomic mass is 32.2. The molecular weight excluding hydrogens is 338 g/mol. The van der Waals surface area contributed by atoms with Crippen LogP contribution in [-0.4, -0.2) is 27.0 Å². The zero-order valence-corrected chi connectivity index (χ0v) is 14.6. The molecule has 0 saturated carbocycles. The standard InChI is InChI=1S/C14H17N3O4S2/c1-14(2,3)12-15-5-8(21-12)7-22-11-6-16-13(23-11)17-9(18)4-10(19)20/h5-6H,4,7H2,1-3H3,(H,19,20)(H,16,17,18). The monoisotopic (exact) mass is 355 g/mol. The number of aliphatic carboxylic acids is 1. The van der Waals surface area contributed by atoms with Crippen LogP contribution in [0.3, 0.4) is 0 Å². The van der Waals surface area contributed by atoms with E-state index in [2.05, 4.69) is 15.3 Å². The summed E-state index contributed by atoms with van der Waals surface area (Å²) >= 11 is 2.80. The number of carboxylic acids is 1. The van der Waals surface area contributed by atoms with Gasteiger partial charge < -0.3 is 14.8 Å². The molecule has 0 saturated heterocycles. The average molecular weight is 355 g/mol. The number of carbonyl (C=O) groups excluding carboxylic acids is 1. The summed E-state index contributed by atoms with van der Waals surface area (Å²) < 4.78 is 6.60. The molecule has 0 aliphatic rings. The molecule has 2 aromatic heterocycles. The number of hydrogen-bond acceptors (Lipinski definition) is 7. The molecule has 2 heterocycles. The van der Waals surface area contributed by atoms with E-state index in [1.165, 1.54) is 23.1 Å². The molecule has 0 bridgehead atoms. The van der Waals surface area contributed by atoms with E-state index in [4.69, 9.17) is 9.52 Å². The van der Waals surface area contributed by atoms with Crippen LogP contribution in [0.5, 0.6) is 0 Å². The Morgan fingerprint density at radius 1 is 1.35 bits per heavy atom. The Labute approximate surface area is 141 Å². The van der Waals surface area contributed by atoms with Gasteiger partial charge in [-0.1, -0.05) is 32.1 Å². The number of thioether (sulfide) groups is 1. The van der Waals surface area contributed by atoms with Gasteiger partial charge in [-0.15, -0.1) is 11.8 Å². The van der Waals surface area contributed by atoms with Gasteiger partial charge in [0.15, 0.2) is 11.0 Å². The van der Waals surface area contributed by atoms with Crippen molar-refractivity contribution in [2.75, 3.05) is 5.32 Å². The molecule has 0 aromatic carbocycles. The summed E-state index contributed by atoms with van der Waals surface area (Å²) in [5.41, 5.74) is -0.130. The first kappa shape index (κ1) is 17.5. The van der Waals surface area contributed by atoms with Crippen molar-refractivity contribution in [1.29, 1.82) is 0 Å². The van der Waals surface area contributed by atoms with Gasteiger partial charge in [0.2, 0.25) is 5.91 Å². The van der Waals surface area contributed by atoms with Crippen molar-refractivity contribution >= 4 is 40.1 Å². The van der Waals surface area contributed by atoms with Crippen LogP contribution in [0.2, 0.25) is 0 Å². The van der Waals surface area contributed by atoms with Crippen LogP contribution < -0.4 is 5.32 Å². The minimum absolute atomic E-state index is 0.130. The Bertz CT molecular complexity index is 703. The molecule has 1 amide bonds. The van der Waals surface area contributed by atoms with Gasteiger partial charge in [0, 0.05) is 5.41 Å². The number of nitrogens with zero attached hydrogens (tertiary/aromatic N) is 2. The molecule has 2 N–H and O–H groups in total. The molecule has 2 aromatic rings. The van der Waals surface area contributed by atoms with E-state index in [1.54, 1.807) is 12.4 Å². The summed E-state index contributed by atoms with van der Waals surface area (Å²) in [6.45, 7) is 6.10. The minimum Gasteiger partial charge on any atom is -0.481 e. The number of amides is 1. The topological polar surface area (TPSA) is 105 Å². The first-order valence-corrected chi connectivity index (χ1v) is 8.59. The molecule has 7 nitrogen and oxygen atoms in total. The molecule has 23 heavy (non-hydrogen) atoms. The predicted molar refractivity (Wildman–Crippen MR) is 87.8 cm³/mol. The summed E-state index contributed by atoms with van der Waals surface area (Å²) in [6, 6.07) is 0. The number of hydrogen-bond donors (Lipinski definition) is 2. The molecule has 9 heteroatoms. The van der Waals surface area contributed by atoms with Crippen molar-refractivity contribution in [1.82, 2.24) is 9.97 Å². The highest BCUT2D eigenvalue weighted by Crippen LogP contribution is 2.31. The van der Waals surface area contributed by atoms with E-state index in [1.807, 2.05) is 20.8 Å². The minimum atomic E-state index is -1.17. The van der Waals surface area contributed by atoms with E-state index >= 15 is 0 Å². The Morgan fingerprint density at radius 3 is 2.70 bits per heavy atom. The Kier molecular flexibility index (Phi) is 5.42. The van der Waals surface area contributed by atoms with Gasteiger partial charge in [0.25, 0.3) is 0 Å². The molecule has 0 radical (unpaired) electrons. The molecule has 124 valence electrons. The van der Waals surface area contributed by atoms with E-state index < -0.39 is 18.3 Å². The average Bonchev–Trinajstić information content (AvgIpc) is 3.03. The largest absolute Gasteiger partial charge is 0.481 e. The van der Waals surface area contributed by atoms with Gasteiger partial charge >= 0.3 is 5.97 Å². The maximum Gasteiger partial charge on any atom is 0.312 e. The zero-order valence-electron chi connectivity index (χ0n) is 13.0. The third kappa shape index (κ3) is 5.36. The lowest BCUT2D eigenvalue weighted by Crippen LogP contribution is -2.15. The molecular formula is C14H17N3O4S2. The van der Waals surface area contributed by atoms with Gasteiger partial charge in [0.1, 0.15) is 12.2 Å². The van der Waals surface area contributed by atoms with E-state index in [9.17, 15) is 9.59 Å². The second-order valence-electron chi connectivity index (χ2n) is 5.77. The fourth-order valence-corrected chi connectivity index (χ4v) is 3.31. The lowest BCUT2D eigenvalue weighted by atomic mass is 9.97. The lowest BCUT2D eigenvalue weighted by Gasteiger charge is -2.12. The number of rotatable bonds is 6. The highest BCUT2D eigenvalue weighted by molar-refractivity contribution is 8.00. The number of anilines is 1. The van der Waals surface area contributed by atoms with E-state index in [0.717, 1.165) is 9.97 Å². The van der Waals surface area contributed by atoms with Crippen molar-refractivity contribution < 1.29 is 19.1 Å². The van der Waals surface area contributed by atoms with Crippen LogP contribution in [-0.2, 0) is 20.8 Å². The maximum absolute atomic E-state index is 11.4. The molecule has 2 rings (SSSR count). The van der Waals surface area contributed by atoms with Gasteiger partial charge in [0.05, 0.1) is 22.4 Å². The Morgan fingerprint density at radius 2 is 2.09 bits per heavy atom. The van der Waals surface area contributed by atoms with E-state index in [0.29, 0.717) is 16.8 Å². The van der Waals surface area contributed by atoms with E-state index in [-0.39, 0.29) is 5.41 Å². The highest BCUT2D eigenvalue weighted by Gasteiger charge is 2.20. The fourth-order valence-electron chi connectivity index (χ4n) is 1.55. The smallest absolute Gasteiger partial charge is 0.312 e. The number of thiazole rings is 1. The zero-order chi connectivity index (χ0) is 17.0. The van der Waals surface area contributed by atoms with Crippen molar-refractivity contribution in [2.45, 2.75) is 42.6 Å². The second-order valence-corrected chi connectivity index (χ2v) is 8.08. The molecule has 0 aliphatic carbocycles. The summed E-state index contributed by atoms with van der Waals surface area (Å²) in [7, 11) is 0. The van der Waals surface area contributed by atoms with Gasteiger partial charge in [-0.25, -0.2) is 9.97 Å². The van der Waals surface area contributed by atoms with Crippen LogP contribution in [0.1, 0.15) is 38.8 Å². The molecule has 0 unspecified atom stereocenters. The van der Waals surface area contributed by atoms with Crippen LogP contribution in [0.15, 0.2) is 21.0 Å². The lowest BCUT2D eigenvalue weighted by molar-refractivity contribution is -0.139. The molecule has 0 fully saturated rings. The van der Waals surface area contributed by atoms with Gasteiger partial charge in [-0.2, -0.15) is 0 Å². The van der Waals surface area contributed by atoms with Crippen molar-refractivity contribution in [3.63, 3.8) is 0 Å². The van der Waals surface area contributed by atoms with Crippen LogP contribution in [0, 0.1) is 0 Å². The van der Waals surface area contributed by atoms with Gasteiger partial charge in [-0.3, -0.25) is 9.59 Å². The first-order valence-electron chi connectivity index (χ1n) is 6.79. The van der Waals surface area contributed by atoms with Crippen LogP contribution >= 0.6 is 23.1 Å². The van der Waals surface area contributed by atoms with Crippen molar-refractivity contribution in [3.05, 3.63) is 24.0 Å². The van der Waals surface area contributed by atoms with Crippen molar-refractivity contribution in [3.8, 4) is 0 Å². The third-order valence-corrected chi connectivity index (χ3v) is 4.72. The van der Waals surface area contributed by atoms with Crippen LogP contribution in [0.4, 0.5) is 5.13 Å². The molecule has 0 atom stereocenters. The first-order chi connectivity index (χ1) is 10.7. The van der Waals surface area contributed by atoms with Crippen molar-refractivity contribution in [2.24, 2.45) is 0 Å². The molecule has 0 aliphatic heterocycles. The fraction of sp³-hybridized carbons (Fsp3) is 0.429. The summed E-state index contributed by atoms with van der Waals surface area (Å²) in [5.74, 6) is 0.305. The number of oxazole rings is 1. The number of carboxylic acid groups (broad SMARTS) is 1. The third-order valence-electron chi connectivity index (χ3n) is 2.59. The number of nitrogens with one attached hydrogen (secondary N) is 1. The number of aromatic nitrogens is 2. The Balaban J connectivity index is 1.88. The Hall–Kier alpha value is -1.87. The summed E-state index contributed by atoms with van der Waals surface area (Å²) in [4.78, 5) is 30.1. The van der Waals surface area contributed by atoms with Gasteiger partial charge in [-0.05, 0) is 0 Å². The SMILES string of the molecule is CC(C)(C)c1ncc(CSc2cnc(NC(=O)CC(=O)O)s2)o1. The maximum atomic E-state index is 11.4. The second kappa shape index (κ2) is 7.14. The van der Waals surface area contributed by atoms with Crippen LogP contribution in [0.25, 0.3) is 0 Å². The predicted octanol–water partition coefficient (Wildman–Crippen LogP) is 3.13. The number of carbonyl (C=O) groups is 2. The summed E-state index contributed by atoms with van der Waals surface area (Å²) in [5, 5.41) is 11.4.